The molecule has 1 heterocycles. The standard InChI is InChI=1S/C18H19Cl2N3O/c1-4-22(5-2)11-7-8-13-15(9-11)23(6-3)17-14(21-13)10-12(19)18(24)16(17)20/h7-10H,4-6H2,1-3H3. The third-order valence-corrected chi connectivity index (χ3v) is 4.97. The van der Waals surface area contributed by atoms with E-state index in [0.29, 0.717) is 17.9 Å². The van der Waals surface area contributed by atoms with Crippen molar-refractivity contribution >= 4 is 39.9 Å². The molecule has 0 saturated heterocycles. The van der Waals surface area contributed by atoms with Gasteiger partial charge in [-0.05, 0) is 45.0 Å². The van der Waals surface area contributed by atoms with Crippen LogP contribution in [0.2, 0.25) is 10.0 Å². The normalized spacial score (nSPS) is 11.4. The van der Waals surface area contributed by atoms with Gasteiger partial charge in [-0.3, -0.25) is 4.79 Å². The molecular formula is C18H19Cl2N3O. The molecule has 2 aliphatic rings. The topological polar surface area (TPSA) is 38.1 Å². The molecule has 0 aromatic heterocycles. The molecular weight excluding hydrogens is 345 g/mol. The van der Waals surface area contributed by atoms with E-state index in [1.54, 1.807) is 6.07 Å². The van der Waals surface area contributed by atoms with Crippen molar-refractivity contribution in [3.63, 3.8) is 0 Å². The Bertz CT molecular complexity index is 932. The number of anilines is 1. The Hall–Kier alpha value is -1.78. The van der Waals surface area contributed by atoms with Crippen LogP contribution in [0.15, 0.2) is 29.1 Å². The molecule has 0 radical (unpaired) electrons. The molecule has 4 nitrogen and oxygen atoms in total. The second-order valence-corrected chi connectivity index (χ2v) is 6.36. The minimum Gasteiger partial charge on any atom is -0.372 e. The number of nitrogens with zero attached hydrogens (tertiary/aromatic N) is 3. The first kappa shape index (κ1) is 17.1. The number of halogens is 2. The molecule has 3 rings (SSSR count). The molecule has 126 valence electrons. The molecule has 24 heavy (non-hydrogen) atoms. The van der Waals surface area contributed by atoms with Gasteiger partial charge in [0.1, 0.15) is 5.02 Å². The summed E-state index contributed by atoms with van der Waals surface area (Å²) in [5.74, 6) is 0. The van der Waals surface area contributed by atoms with Crippen molar-refractivity contribution in [3.05, 3.63) is 44.5 Å². The summed E-state index contributed by atoms with van der Waals surface area (Å²) in [7, 11) is 0. The highest BCUT2D eigenvalue weighted by Gasteiger charge is 2.20. The molecule has 0 N–H and O–H groups in total. The molecule has 0 saturated carbocycles. The van der Waals surface area contributed by atoms with Crippen molar-refractivity contribution in [1.29, 1.82) is 0 Å². The van der Waals surface area contributed by atoms with E-state index in [1.165, 1.54) is 0 Å². The smallest absolute Gasteiger partial charge is 0.217 e. The summed E-state index contributed by atoms with van der Waals surface area (Å²) in [5, 5.41) is 0.226. The second kappa shape index (κ2) is 6.61. The lowest BCUT2D eigenvalue weighted by Gasteiger charge is -2.23. The first-order valence-electron chi connectivity index (χ1n) is 8.09. The fourth-order valence-corrected chi connectivity index (χ4v) is 3.65. The monoisotopic (exact) mass is 363 g/mol. The van der Waals surface area contributed by atoms with Crippen LogP contribution in [0, 0.1) is 0 Å². The van der Waals surface area contributed by atoms with Crippen molar-refractivity contribution in [1.82, 2.24) is 9.55 Å². The van der Waals surface area contributed by atoms with E-state index in [0.717, 1.165) is 29.8 Å². The lowest BCUT2D eigenvalue weighted by molar-refractivity contribution is 0.789. The van der Waals surface area contributed by atoms with E-state index in [1.807, 2.05) is 17.6 Å². The maximum absolute atomic E-state index is 12.1. The molecule has 0 amide bonds. The van der Waals surface area contributed by atoms with Crippen LogP contribution in [-0.4, -0.2) is 22.6 Å². The van der Waals surface area contributed by atoms with Gasteiger partial charge in [-0.25, -0.2) is 4.98 Å². The fraction of sp³-hybridized carbons (Fsp3) is 0.333. The van der Waals surface area contributed by atoms with E-state index < -0.39 is 0 Å². The van der Waals surface area contributed by atoms with Gasteiger partial charge in [-0.2, -0.15) is 0 Å². The zero-order chi connectivity index (χ0) is 17.4. The Morgan fingerprint density at radius 3 is 2.46 bits per heavy atom. The summed E-state index contributed by atoms with van der Waals surface area (Å²) in [6, 6.07) is 7.77. The quantitative estimate of drug-likeness (QED) is 0.631. The molecule has 6 heteroatoms. The summed E-state index contributed by atoms with van der Waals surface area (Å²) in [6.07, 6.45) is 0. The van der Waals surface area contributed by atoms with Crippen molar-refractivity contribution < 1.29 is 0 Å². The lowest BCUT2D eigenvalue weighted by Crippen LogP contribution is -2.22. The van der Waals surface area contributed by atoms with Crippen molar-refractivity contribution in [2.24, 2.45) is 0 Å². The number of hydrogen-bond donors (Lipinski definition) is 0. The number of hydrogen-bond acceptors (Lipinski definition) is 3. The first-order chi connectivity index (χ1) is 11.5. The zero-order valence-corrected chi connectivity index (χ0v) is 15.4. The van der Waals surface area contributed by atoms with Crippen LogP contribution < -0.4 is 10.3 Å². The SMILES string of the molecule is CCN(CC)c1ccc2nc3cc(Cl)c(=O)c(Cl)c-3n(CC)c2c1. The molecule has 0 spiro atoms. The van der Waals surface area contributed by atoms with Crippen molar-refractivity contribution in [3.8, 4) is 11.4 Å². The predicted molar refractivity (Wildman–Crippen MR) is 102 cm³/mol. The molecule has 0 bridgehead atoms. The first-order valence-corrected chi connectivity index (χ1v) is 8.84. The van der Waals surface area contributed by atoms with E-state index in [-0.39, 0.29) is 15.5 Å². The average molecular weight is 364 g/mol. The number of benzene rings is 2. The average Bonchev–Trinajstić information content (AvgIpc) is 2.59. The summed E-state index contributed by atoms with van der Waals surface area (Å²) >= 11 is 12.3. The Balaban J connectivity index is 2.41. The van der Waals surface area contributed by atoms with E-state index in [2.05, 4.69) is 35.9 Å². The molecule has 1 aliphatic carbocycles. The third kappa shape index (κ3) is 2.64. The van der Waals surface area contributed by atoms with Crippen molar-refractivity contribution in [2.75, 3.05) is 18.0 Å². The summed E-state index contributed by atoms with van der Waals surface area (Å²) in [5.41, 5.74) is 3.86. The predicted octanol–water partition coefficient (Wildman–Crippen LogP) is 4.67. The molecule has 1 aromatic rings. The molecule has 0 unspecified atom stereocenters. The van der Waals surface area contributed by atoms with E-state index in [4.69, 9.17) is 23.2 Å². The number of aryl methyl sites for hydroxylation is 1. The Labute approximate surface area is 151 Å². The van der Waals surface area contributed by atoms with Gasteiger partial charge < -0.3 is 9.47 Å². The summed E-state index contributed by atoms with van der Waals surface area (Å²) in [4.78, 5) is 19.1. The largest absolute Gasteiger partial charge is 0.372 e. The maximum atomic E-state index is 12.1. The molecule has 0 fully saturated rings. The van der Waals surface area contributed by atoms with Crippen LogP contribution >= 0.6 is 23.2 Å². The molecule has 0 atom stereocenters. The Morgan fingerprint density at radius 1 is 1.12 bits per heavy atom. The van der Waals surface area contributed by atoms with Crippen LogP contribution in [0.5, 0.6) is 0 Å². The third-order valence-electron chi connectivity index (χ3n) is 4.34. The molecule has 1 aromatic carbocycles. The van der Waals surface area contributed by atoms with Crippen LogP contribution in [0.25, 0.3) is 22.4 Å². The minimum absolute atomic E-state index is 0.0989. The maximum Gasteiger partial charge on any atom is 0.217 e. The van der Waals surface area contributed by atoms with Crippen LogP contribution in [-0.2, 0) is 6.54 Å². The minimum atomic E-state index is -0.353. The van der Waals surface area contributed by atoms with Gasteiger partial charge in [0.15, 0.2) is 0 Å². The second-order valence-electron chi connectivity index (χ2n) is 5.57. The van der Waals surface area contributed by atoms with Gasteiger partial charge in [0.05, 0.1) is 27.4 Å². The van der Waals surface area contributed by atoms with Gasteiger partial charge in [0, 0.05) is 25.3 Å². The molecule has 1 aliphatic heterocycles. The van der Waals surface area contributed by atoms with E-state index in [9.17, 15) is 4.79 Å². The fourth-order valence-electron chi connectivity index (χ4n) is 3.11. The number of aromatic nitrogens is 2. The van der Waals surface area contributed by atoms with Gasteiger partial charge >= 0.3 is 0 Å². The number of rotatable bonds is 4. The highest BCUT2D eigenvalue weighted by atomic mass is 35.5. The van der Waals surface area contributed by atoms with Crippen molar-refractivity contribution in [2.45, 2.75) is 27.3 Å². The zero-order valence-electron chi connectivity index (χ0n) is 13.9. The van der Waals surface area contributed by atoms with Gasteiger partial charge in [-0.1, -0.05) is 23.2 Å². The highest BCUT2D eigenvalue weighted by molar-refractivity contribution is 6.36. The summed E-state index contributed by atoms with van der Waals surface area (Å²) in [6.45, 7) is 8.81. The van der Waals surface area contributed by atoms with Gasteiger partial charge in [0.2, 0.25) is 5.43 Å². The van der Waals surface area contributed by atoms with Gasteiger partial charge in [-0.15, -0.1) is 0 Å². The van der Waals surface area contributed by atoms with Crippen LogP contribution in [0.4, 0.5) is 5.69 Å². The van der Waals surface area contributed by atoms with Crippen LogP contribution in [0.1, 0.15) is 20.8 Å². The highest BCUT2D eigenvalue weighted by Crippen LogP contribution is 2.33. The van der Waals surface area contributed by atoms with Gasteiger partial charge in [0.25, 0.3) is 0 Å². The van der Waals surface area contributed by atoms with Crippen LogP contribution in [0.3, 0.4) is 0 Å². The number of fused-ring (bicyclic) bond motifs is 2. The lowest BCUT2D eigenvalue weighted by atomic mass is 10.1. The Kier molecular flexibility index (Phi) is 4.70. The van der Waals surface area contributed by atoms with E-state index >= 15 is 0 Å². The summed E-state index contributed by atoms with van der Waals surface area (Å²) < 4.78 is 2.03. The Morgan fingerprint density at radius 2 is 1.83 bits per heavy atom.